The van der Waals surface area contributed by atoms with Gasteiger partial charge in [-0.25, -0.2) is 9.50 Å². The summed E-state index contributed by atoms with van der Waals surface area (Å²) in [7, 11) is 0. The number of piperidine rings is 1. The van der Waals surface area contributed by atoms with Gasteiger partial charge in [0, 0.05) is 13.1 Å². The summed E-state index contributed by atoms with van der Waals surface area (Å²) in [5, 5.41) is 9.30. The molecule has 2 fully saturated rings. The number of nitrogens with one attached hydrogen (secondary N) is 1. The van der Waals surface area contributed by atoms with Gasteiger partial charge in [0.15, 0.2) is 0 Å². The highest BCUT2D eigenvalue weighted by Gasteiger charge is 2.39. The lowest BCUT2D eigenvalue weighted by molar-refractivity contribution is 0.192. The van der Waals surface area contributed by atoms with Crippen molar-refractivity contribution in [2.45, 2.75) is 52.5 Å². The number of imidazole rings is 1. The zero-order chi connectivity index (χ0) is 16.0. The van der Waals surface area contributed by atoms with Gasteiger partial charge in [-0.1, -0.05) is 25.2 Å². The summed E-state index contributed by atoms with van der Waals surface area (Å²) in [5.41, 5.74) is 3.10. The molecule has 0 saturated carbocycles. The topological polar surface area (TPSA) is 45.5 Å². The minimum atomic E-state index is 0.453. The molecule has 126 valence electrons. The molecular formula is C17H27N5S. The zero-order valence-electron chi connectivity index (χ0n) is 14.4. The fourth-order valence-electron chi connectivity index (χ4n) is 4.25. The van der Waals surface area contributed by atoms with E-state index in [1.807, 2.05) is 0 Å². The van der Waals surface area contributed by atoms with E-state index in [1.54, 1.807) is 11.3 Å². The van der Waals surface area contributed by atoms with E-state index in [2.05, 4.69) is 35.5 Å². The van der Waals surface area contributed by atoms with Gasteiger partial charge in [-0.2, -0.15) is 5.10 Å². The summed E-state index contributed by atoms with van der Waals surface area (Å²) in [4.78, 5) is 8.55. The number of hydrogen-bond acceptors (Lipinski definition) is 5. The Balaban J connectivity index is 1.58. The van der Waals surface area contributed by atoms with Crippen LogP contribution in [0.2, 0.25) is 0 Å². The summed E-state index contributed by atoms with van der Waals surface area (Å²) in [6, 6.07) is 0. The smallest absolute Gasteiger partial charge is 0.212 e. The van der Waals surface area contributed by atoms with E-state index in [0.29, 0.717) is 11.3 Å². The third kappa shape index (κ3) is 2.81. The summed E-state index contributed by atoms with van der Waals surface area (Å²) < 4.78 is 2.10. The maximum Gasteiger partial charge on any atom is 0.212 e. The Bertz CT molecular complexity index is 695. The molecule has 5 nitrogen and oxygen atoms in total. The highest BCUT2D eigenvalue weighted by Crippen LogP contribution is 2.39. The molecule has 2 aromatic heterocycles. The van der Waals surface area contributed by atoms with Gasteiger partial charge in [0.05, 0.1) is 11.4 Å². The number of aryl methyl sites for hydroxylation is 1. The molecule has 2 aromatic rings. The fourth-order valence-corrected chi connectivity index (χ4v) is 5.02. The van der Waals surface area contributed by atoms with Crippen molar-refractivity contribution in [1.82, 2.24) is 24.8 Å². The van der Waals surface area contributed by atoms with E-state index in [0.717, 1.165) is 16.5 Å². The number of aromatic nitrogens is 3. The first kappa shape index (κ1) is 15.5. The Hall–Kier alpha value is -0.980. The maximum absolute atomic E-state index is 4.86. The van der Waals surface area contributed by atoms with Crippen molar-refractivity contribution in [1.29, 1.82) is 0 Å². The Morgan fingerprint density at radius 1 is 1.26 bits per heavy atom. The molecule has 6 heteroatoms. The van der Waals surface area contributed by atoms with Gasteiger partial charge >= 0.3 is 0 Å². The van der Waals surface area contributed by atoms with Crippen LogP contribution in [0.3, 0.4) is 0 Å². The third-order valence-electron chi connectivity index (χ3n) is 5.53. The van der Waals surface area contributed by atoms with Crippen LogP contribution in [0, 0.1) is 12.3 Å². The molecule has 2 aliphatic heterocycles. The Morgan fingerprint density at radius 2 is 2.04 bits per heavy atom. The first-order chi connectivity index (χ1) is 11.1. The van der Waals surface area contributed by atoms with Gasteiger partial charge in [-0.05, 0) is 57.2 Å². The van der Waals surface area contributed by atoms with Crippen LogP contribution in [-0.2, 0) is 6.54 Å². The molecule has 4 heterocycles. The van der Waals surface area contributed by atoms with E-state index in [9.17, 15) is 0 Å². The Kier molecular flexibility index (Phi) is 3.94. The van der Waals surface area contributed by atoms with Crippen molar-refractivity contribution >= 4 is 16.3 Å². The third-order valence-corrected chi connectivity index (χ3v) is 6.35. The lowest BCUT2D eigenvalue weighted by atomic mass is 9.78. The van der Waals surface area contributed by atoms with Gasteiger partial charge in [-0.3, -0.25) is 4.90 Å². The minimum absolute atomic E-state index is 0.453. The zero-order valence-corrected chi connectivity index (χ0v) is 15.2. The molecule has 1 N–H and O–H groups in total. The summed E-state index contributed by atoms with van der Waals surface area (Å²) >= 11 is 1.70. The lowest BCUT2D eigenvalue weighted by Crippen LogP contribution is -2.38. The van der Waals surface area contributed by atoms with Crippen LogP contribution in [-0.4, -0.2) is 45.7 Å². The highest BCUT2D eigenvalue weighted by atomic mass is 32.1. The van der Waals surface area contributed by atoms with Crippen molar-refractivity contribution in [2.75, 3.05) is 26.2 Å². The molecule has 1 spiro atoms. The van der Waals surface area contributed by atoms with Crippen LogP contribution in [0.5, 0.6) is 0 Å². The molecule has 23 heavy (non-hydrogen) atoms. The van der Waals surface area contributed by atoms with Gasteiger partial charge < -0.3 is 5.32 Å². The van der Waals surface area contributed by atoms with E-state index >= 15 is 0 Å². The second-order valence-electron chi connectivity index (χ2n) is 7.62. The van der Waals surface area contributed by atoms with Crippen molar-refractivity contribution < 1.29 is 0 Å². The molecule has 0 atom stereocenters. The summed E-state index contributed by atoms with van der Waals surface area (Å²) in [6.07, 6.45) is 4.01. The second kappa shape index (κ2) is 5.83. The number of hydrogen-bond donors (Lipinski definition) is 1. The quantitative estimate of drug-likeness (QED) is 0.938. The molecule has 2 aliphatic rings. The van der Waals surface area contributed by atoms with Crippen molar-refractivity contribution in [3.8, 4) is 0 Å². The molecule has 0 aliphatic carbocycles. The molecule has 0 radical (unpaired) electrons. The first-order valence-electron chi connectivity index (χ1n) is 8.84. The molecular weight excluding hydrogens is 306 g/mol. The SMILES string of the molecule is Cc1nn2c(CN3CCC4(CCNCC4)C3)c(C(C)C)nc2s1. The monoisotopic (exact) mass is 333 g/mol. The predicted octanol–water partition coefficient (Wildman–Crippen LogP) is 2.80. The Morgan fingerprint density at radius 3 is 2.78 bits per heavy atom. The van der Waals surface area contributed by atoms with Gasteiger partial charge in [-0.15, -0.1) is 0 Å². The second-order valence-corrected chi connectivity index (χ2v) is 8.78. The molecule has 0 amide bonds. The van der Waals surface area contributed by atoms with Crippen molar-refractivity contribution in [3.63, 3.8) is 0 Å². The molecule has 4 rings (SSSR count). The number of likely N-dealkylation sites (tertiary alicyclic amines) is 1. The molecule has 0 aromatic carbocycles. The highest BCUT2D eigenvalue weighted by molar-refractivity contribution is 7.16. The molecule has 2 saturated heterocycles. The first-order valence-corrected chi connectivity index (χ1v) is 9.66. The van der Waals surface area contributed by atoms with E-state index in [4.69, 9.17) is 10.1 Å². The number of fused-ring (bicyclic) bond motifs is 1. The maximum atomic E-state index is 4.86. The summed E-state index contributed by atoms with van der Waals surface area (Å²) in [6.45, 7) is 12.4. The van der Waals surface area contributed by atoms with E-state index in [1.165, 1.54) is 56.8 Å². The predicted molar refractivity (Wildman–Crippen MR) is 94.1 cm³/mol. The van der Waals surface area contributed by atoms with Crippen LogP contribution < -0.4 is 5.32 Å². The number of rotatable bonds is 3. The van der Waals surface area contributed by atoms with Gasteiger partial charge in [0.1, 0.15) is 5.01 Å². The molecule has 0 unspecified atom stereocenters. The fraction of sp³-hybridized carbons (Fsp3) is 0.765. The largest absolute Gasteiger partial charge is 0.317 e. The Labute approximate surface area is 142 Å². The summed E-state index contributed by atoms with van der Waals surface area (Å²) in [5.74, 6) is 0.453. The van der Waals surface area contributed by atoms with Crippen LogP contribution in [0.15, 0.2) is 0 Å². The standard InChI is InChI=1S/C17H27N5S/c1-12(2)15-14(22-16(19-15)23-13(3)20-22)10-21-9-6-17(11-21)4-7-18-8-5-17/h12,18H,4-11H2,1-3H3. The van der Waals surface area contributed by atoms with E-state index < -0.39 is 0 Å². The van der Waals surface area contributed by atoms with Gasteiger partial charge in [0.2, 0.25) is 4.96 Å². The average Bonchev–Trinajstić information content (AvgIpc) is 3.15. The van der Waals surface area contributed by atoms with Crippen molar-refractivity contribution in [2.24, 2.45) is 5.41 Å². The van der Waals surface area contributed by atoms with Crippen molar-refractivity contribution in [3.05, 3.63) is 16.4 Å². The molecule has 0 bridgehead atoms. The van der Waals surface area contributed by atoms with Crippen LogP contribution >= 0.6 is 11.3 Å². The van der Waals surface area contributed by atoms with E-state index in [-0.39, 0.29) is 0 Å². The normalized spacial score (nSPS) is 21.9. The average molecular weight is 334 g/mol. The minimum Gasteiger partial charge on any atom is -0.317 e. The lowest BCUT2D eigenvalue weighted by Gasteiger charge is -2.33. The number of nitrogens with zero attached hydrogens (tertiary/aromatic N) is 4. The van der Waals surface area contributed by atoms with Crippen LogP contribution in [0.25, 0.3) is 4.96 Å². The van der Waals surface area contributed by atoms with Crippen LogP contribution in [0.4, 0.5) is 0 Å². The van der Waals surface area contributed by atoms with Gasteiger partial charge in [0.25, 0.3) is 0 Å². The van der Waals surface area contributed by atoms with Crippen LogP contribution in [0.1, 0.15) is 55.4 Å².